The second kappa shape index (κ2) is 10.5. The van der Waals surface area contributed by atoms with Gasteiger partial charge in [-0.1, -0.05) is 66.7 Å². The lowest BCUT2D eigenvalue weighted by atomic mass is 9.84. The van der Waals surface area contributed by atoms with Gasteiger partial charge in [0.05, 0.1) is 10.0 Å². The molecule has 1 saturated carbocycles. The van der Waals surface area contributed by atoms with Crippen LogP contribution >= 0.6 is 23.2 Å². The number of halogens is 2. The molecule has 0 amide bonds. The van der Waals surface area contributed by atoms with Crippen molar-refractivity contribution in [2.24, 2.45) is 0 Å². The third-order valence-corrected chi connectivity index (χ3v) is 6.58. The minimum atomic E-state index is -0.672. The molecule has 4 rings (SSSR count). The molecule has 1 fully saturated rings. The van der Waals surface area contributed by atoms with Crippen LogP contribution in [-0.2, 0) is 9.53 Å². The first kappa shape index (κ1) is 23.5. The molecule has 0 saturated heterocycles. The lowest BCUT2D eigenvalue weighted by Gasteiger charge is -2.22. The van der Waals surface area contributed by atoms with Gasteiger partial charge in [-0.25, -0.2) is 9.78 Å². The smallest absolute Gasteiger partial charge is 0.344 e. The van der Waals surface area contributed by atoms with Gasteiger partial charge in [0.25, 0.3) is 0 Å². The fraction of sp³-hybridized carbons (Fsp3) is 0.346. The van der Waals surface area contributed by atoms with Crippen LogP contribution in [0.4, 0.5) is 0 Å². The zero-order valence-electron chi connectivity index (χ0n) is 18.4. The number of aryl methyl sites for hydroxylation is 1. The Hall–Kier alpha value is -2.63. The minimum Gasteiger partial charge on any atom is -0.478 e. The number of pyridine rings is 1. The van der Waals surface area contributed by atoms with Crippen LogP contribution in [-0.4, -0.2) is 30.0 Å². The Bertz CT molecular complexity index is 1170. The van der Waals surface area contributed by atoms with Gasteiger partial charge in [0.1, 0.15) is 5.52 Å². The summed E-state index contributed by atoms with van der Waals surface area (Å²) in [6.45, 7) is 1.08. The van der Waals surface area contributed by atoms with Crippen LogP contribution < -0.4 is 4.74 Å². The Morgan fingerprint density at radius 2 is 1.70 bits per heavy atom. The molecule has 172 valence electrons. The molecular formula is C26H25Cl2NO4. The van der Waals surface area contributed by atoms with E-state index in [0.29, 0.717) is 27.4 Å². The minimum absolute atomic E-state index is 0.243. The van der Waals surface area contributed by atoms with Crippen molar-refractivity contribution >= 4 is 45.9 Å². The molecule has 7 heteroatoms. The van der Waals surface area contributed by atoms with E-state index < -0.39 is 12.6 Å². The molecule has 2 aromatic carbocycles. The zero-order valence-corrected chi connectivity index (χ0v) is 19.9. The second-order valence-corrected chi connectivity index (χ2v) is 9.16. The van der Waals surface area contributed by atoms with E-state index in [1.165, 1.54) is 37.7 Å². The molecule has 1 aromatic heterocycles. The van der Waals surface area contributed by atoms with E-state index in [0.717, 1.165) is 5.69 Å². The highest BCUT2D eigenvalue weighted by Crippen LogP contribution is 2.37. The number of ether oxygens (including phenoxy) is 2. The van der Waals surface area contributed by atoms with Crippen LogP contribution in [0.2, 0.25) is 10.0 Å². The predicted octanol–water partition coefficient (Wildman–Crippen LogP) is 6.70. The van der Waals surface area contributed by atoms with Gasteiger partial charge in [0.15, 0.2) is 24.7 Å². The topological polar surface area (TPSA) is 65.5 Å². The Morgan fingerprint density at radius 1 is 0.970 bits per heavy atom. The highest BCUT2D eigenvalue weighted by molar-refractivity contribution is 6.39. The van der Waals surface area contributed by atoms with Crippen molar-refractivity contribution in [1.82, 2.24) is 4.98 Å². The van der Waals surface area contributed by atoms with Gasteiger partial charge in [-0.2, -0.15) is 0 Å². The van der Waals surface area contributed by atoms with Crippen molar-refractivity contribution in [1.29, 1.82) is 0 Å². The van der Waals surface area contributed by atoms with Gasteiger partial charge in [0, 0.05) is 16.6 Å². The number of ketones is 1. The van der Waals surface area contributed by atoms with Crippen molar-refractivity contribution in [3.05, 3.63) is 69.3 Å². The van der Waals surface area contributed by atoms with Crippen molar-refractivity contribution in [3.63, 3.8) is 0 Å². The van der Waals surface area contributed by atoms with Crippen molar-refractivity contribution in [2.45, 2.75) is 44.9 Å². The monoisotopic (exact) mass is 485 g/mol. The SMILES string of the molecule is Cc1ccc2c(Cl)cc(Cl)c(OCC(=O)OCC(=O)c3ccc(C4CCCCC4)cc3)c2n1. The number of aromatic nitrogens is 1. The quantitative estimate of drug-likeness (QED) is 0.275. The first-order valence-corrected chi connectivity index (χ1v) is 11.8. The summed E-state index contributed by atoms with van der Waals surface area (Å²) in [6, 6.07) is 12.8. The summed E-state index contributed by atoms with van der Waals surface area (Å²) >= 11 is 12.5. The number of carbonyl (C=O) groups excluding carboxylic acids is 2. The summed E-state index contributed by atoms with van der Waals surface area (Å²) in [4.78, 5) is 29.1. The van der Waals surface area contributed by atoms with E-state index in [1.807, 2.05) is 43.3 Å². The fourth-order valence-electron chi connectivity index (χ4n) is 4.21. The van der Waals surface area contributed by atoms with Gasteiger partial charge in [0.2, 0.25) is 0 Å². The largest absolute Gasteiger partial charge is 0.478 e. The molecule has 5 nitrogen and oxygen atoms in total. The van der Waals surface area contributed by atoms with E-state index in [9.17, 15) is 9.59 Å². The first-order chi connectivity index (χ1) is 15.9. The standard InChI is InChI=1S/C26H25Cl2NO4/c1-16-7-12-20-21(27)13-22(28)26(25(20)29-16)33-15-24(31)32-14-23(30)19-10-8-18(9-11-19)17-5-3-2-4-6-17/h7-13,17H,2-6,14-15H2,1H3. The van der Waals surface area contributed by atoms with Crippen LogP contribution in [0.15, 0.2) is 42.5 Å². The second-order valence-electron chi connectivity index (χ2n) is 8.35. The number of Topliss-reactive ketones (excluding diaryl/α,β-unsaturated/α-hetero) is 1. The molecule has 1 aliphatic carbocycles. The third kappa shape index (κ3) is 5.66. The van der Waals surface area contributed by atoms with E-state index in [-0.39, 0.29) is 23.2 Å². The number of carbonyl (C=O) groups is 2. The zero-order chi connectivity index (χ0) is 23.4. The maximum absolute atomic E-state index is 12.5. The highest BCUT2D eigenvalue weighted by Gasteiger charge is 2.18. The summed E-state index contributed by atoms with van der Waals surface area (Å²) in [6.07, 6.45) is 6.23. The van der Waals surface area contributed by atoms with Crippen LogP contribution in [0.5, 0.6) is 5.75 Å². The molecule has 0 unspecified atom stereocenters. The average molecular weight is 486 g/mol. The number of benzene rings is 2. The lowest BCUT2D eigenvalue weighted by molar-refractivity contribution is -0.144. The number of hydrogen-bond acceptors (Lipinski definition) is 5. The molecule has 0 aliphatic heterocycles. The molecular weight excluding hydrogens is 461 g/mol. The Kier molecular flexibility index (Phi) is 7.51. The summed E-state index contributed by atoms with van der Waals surface area (Å²) in [5.41, 5.74) is 3.02. The molecule has 0 atom stereocenters. The average Bonchev–Trinajstić information content (AvgIpc) is 2.83. The molecule has 0 N–H and O–H groups in total. The van der Waals surface area contributed by atoms with Crippen LogP contribution in [0.1, 0.15) is 59.6 Å². The van der Waals surface area contributed by atoms with Gasteiger partial charge >= 0.3 is 5.97 Å². The third-order valence-electron chi connectivity index (χ3n) is 5.99. The lowest BCUT2D eigenvalue weighted by Crippen LogP contribution is -2.19. The summed E-state index contributed by atoms with van der Waals surface area (Å²) < 4.78 is 10.7. The van der Waals surface area contributed by atoms with E-state index in [4.69, 9.17) is 32.7 Å². The van der Waals surface area contributed by atoms with E-state index >= 15 is 0 Å². The van der Waals surface area contributed by atoms with Gasteiger partial charge < -0.3 is 9.47 Å². The molecule has 0 spiro atoms. The Balaban J connectivity index is 1.33. The normalized spacial score (nSPS) is 14.3. The van der Waals surface area contributed by atoms with Crippen molar-refractivity contribution in [3.8, 4) is 5.75 Å². The molecule has 0 radical (unpaired) electrons. The van der Waals surface area contributed by atoms with Crippen molar-refractivity contribution in [2.75, 3.05) is 13.2 Å². The molecule has 0 bridgehead atoms. The van der Waals surface area contributed by atoms with E-state index in [1.54, 1.807) is 6.07 Å². The summed E-state index contributed by atoms with van der Waals surface area (Å²) in [7, 11) is 0. The number of fused-ring (bicyclic) bond motifs is 1. The highest BCUT2D eigenvalue weighted by atomic mass is 35.5. The first-order valence-electron chi connectivity index (χ1n) is 11.1. The van der Waals surface area contributed by atoms with Crippen molar-refractivity contribution < 1.29 is 19.1 Å². The van der Waals surface area contributed by atoms with Crippen LogP contribution in [0, 0.1) is 6.92 Å². The fourth-order valence-corrected chi connectivity index (χ4v) is 4.78. The maximum Gasteiger partial charge on any atom is 0.344 e. The molecule has 1 heterocycles. The van der Waals surface area contributed by atoms with Gasteiger partial charge in [-0.05, 0) is 49.4 Å². The predicted molar refractivity (Wildman–Crippen MR) is 130 cm³/mol. The number of nitrogens with zero attached hydrogens (tertiary/aromatic N) is 1. The Morgan fingerprint density at radius 3 is 2.42 bits per heavy atom. The number of esters is 1. The summed E-state index contributed by atoms with van der Waals surface area (Å²) in [5, 5.41) is 1.35. The number of hydrogen-bond donors (Lipinski definition) is 0. The van der Waals surface area contributed by atoms with E-state index in [2.05, 4.69) is 4.98 Å². The van der Waals surface area contributed by atoms with Gasteiger partial charge in [-0.15, -0.1) is 0 Å². The molecule has 3 aromatic rings. The Labute approximate surface area is 203 Å². The summed E-state index contributed by atoms with van der Waals surface area (Å²) in [5.74, 6) is -0.104. The van der Waals surface area contributed by atoms with Crippen LogP contribution in [0.25, 0.3) is 10.9 Å². The number of rotatable bonds is 7. The molecule has 1 aliphatic rings. The molecule has 33 heavy (non-hydrogen) atoms. The van der Waals surface area contributed by atoms with Crippen LogP contribution in [0.3, 0.4) is 0 Å². The van der Waals surface area contributed by atoms with Gasteiger partial charge in [-0.3, -0.25) is 4.79 Å². The maximum atomic E-state index is 12.5.